The standard InChI is InChI=1S/C24H26N2O/c1-2-26(18-15-20-13-16-25-17-14-20)24(27)19-23(21-9-5-3-6-10-21)22-11-7-4-8-12-22/h3-14,16-17,23H,2,15,18-19H2,1H3. The highest BCUT2D eigenvalue weighted by Gasteiger charge is 2.21. The predicted octanol–water partition coefficient (Wildman–Crippen LogP) is 4.69. The number of benzene rings is 2. The summed E-state index contributed by atoms with van der Waals surface area (Å²) in [6.07, 6.45) is 4.93. The molecule has 0 atom stereocenters. The number of carbonyl (C=O) groups excluding carboxylic acids is 1. The second kappa shape index (κ2) is 9.67. The van der Waals surface area contributed by atoms with Gasteiger partial charge in [0.15, 0.2) is 0 Å². The maximum atomic E-state index is 13.1. The van der Waals surface area contributed by atoms with Gasteiger partial charge in [0, 0.05) is 37.8 Å². The van der Waals surface area contributed by atoms with Crippen molar-refractivity contribution >= 4 is 5.91 Å². The lowest BCUT2D eigenvalue weighted by molar-refractivity contribution is -0.131. The van der Waals surface area contributed by atoms with Gasteiger partial charge in [-0.15, -0.1) is 0 Å². The minimum absolute atomic E-state index is 0.0786. The van der Waals surface area contributed by atoms with Crippen molar-refractivity contribution in [2.45, 2.75) is 25.7 Å². The third-order valence-corrected chi connectivity index (χ3v) is 4.94. The molecule has 3 heteroatoms. The van der Waals surface area contributed by atoms with Gasteiger partial charge in [-0.25, -0.2) is 0 Å². The van der Waals surface area contributed by atoms with Gasteiger partial charge in [-0.1, -0.05) is 60.7 Å². The largest absolute Gasteiger partial charge is 0.343 e. The molecule has 0 aliphatic heterocycles. The minimum Gasteiger partial charge on any atom is -0.343 e. The Morgan fingerprint density at radius 3 is 1.96 bits per heavy atom. The highest BCUT2D eigenvalue weighted by Crippen LogP contribution is 2.28. The topological polar surface area (TPSA) is 33.2 Å². The Balaban J connectivity index is 1.73. The van der Waals surface area contributed by atoms with Crippen LogP contribution in [0.2, 0.25) is 0 Å². The number of aromatic nitrogens is 1. The summed E-state index contributed by atoms with van der Waals surface area (Å²) in [7, 11) is 0. The van der Waals surface area contributed by atoms with E-state index >= 15 is 0 Å². The van der Waals surface area contributed by atoms with E-state index in [2.05, 4.69) is 29.2 Å². The van der Waals surface area contributed by atoms with Gasteiger partial charge in [0.05, 0.1) is 0 Å². The second-order valence-electron chi connectivity index (χ2n) is 6.66. The highest BCUT2D eigenvalue weighted by atomic mass is 16.2. The first-order valence-electron chi connectivity index (χ1n) is 9.54. The van der Waals surface area contributed by atoms with E-state index in [0.717, 1.165) is 19.5 Å². The van der Waals surface area contributed by atoms with Crippen molar-refractivity contribution in [2.75, 3.05) is 13.1 Å². The van der Waals surface area contributed by atoms with Crippen LogP contribution in [0.15, 0.2) is 85.2 Å². The second-order valence-corrected chi connectivity index (χ2v) is 6.66. The smallest absolute Gasteiger partial charge is 0.223 e. The van der Waals surface area contributed by atoms with Gasteiger partial charge in [0.1, 0.15) is 0 Å². The Hall–Kier alpha value is -2.94. The van der Waals surface area contributed by atoms with Crippen LogP contribution in [0.4, 0.5) is 0 Å². The number of hydrogen-bond donors (Lipinski definition) is 0. The molecule has 0 fully saturated rings. The third-order valence-electron chi connectivity index (χ3n) is 4.94. The molecule has 0 aliphatic carbocycles. The van der Waals surface area contributed by atoms with Crippen molar-refractivity contribution in [3.63, 3.8) is 0 Å². The zero-order valence-electron chi connectivity index (χ0n) is 15.8. The van der Waals surface area contributed by atoms with E-state index in [1.54, 1.807) is 12.4 Å². The SMILES string of the molecule is CCN(CCc1ccncc1)C(=O)CC(c1ccccc1)c1ccccc1. The average molecular weight is 358 g/mol. The quantitative estimate of drug-likeness (QED) is 0.585. The summed E-state index contributed by atoms with van der Waals surface area (Å²) in [5, 5.41) is 0. The summed E-state index contributed by atoms with van der Waals surface area (Å²) in [6.45, 7) is 3.50. The fourth-order valence-electron chi connectivity index (χ4n) is 3.38. The van der Waals surface area contributed by atoms with Crippen LogP contribution >= 0.6 is 0 Å². The Morgan fingerprint density at radius 2 is 1.44 bits per heavy atom. The van der Waals surface area contributed by atoms with Crippen LogP contribution in [0.25, 0.3) is 0 Å². The number of rotatable bonds is 8. The van der Waals surface area contributed by atoms with Gasteiger partial charge in [-0.2, -0.15) is 0 Å². The molecule has 3 nitrogen and oxygen atoms in total. The lowest BCUT2D eigenvalue weighted by Crippen LogP contribution is -2.33. The summed E-state index contributed by atoms with van der Waals surface area (Å²) in [6, 6.07) is 24.6. The van der Waals surface area contributed by atoms with E-state index in [1.807, 2.05) is 60.4 Å². The molecule has 1 amide bonds. The number of pyridine rings is 1. The molecule has 0 saturated heterocycles. The number of nitrogens with zero attached hydrogens (tertiary/aromatic N) is 2. The molecule has 0 aliphatic rings. The van der Waals surface area contributed by atoms with Crippen molar-refractivity contribution < 1.29 is 4.79 Å². The van der Waals surface area contributed by atoms with Gasteiger partial charge in [0.2, 0.25) is 5.91 Å². The van der Waals surface area contributed by atoms with Crippen LogP contribution in [-0.4, -0.2) is 28.9 Å². The third kappa shape index (κ3) is 5.27. The first kappa shape index (κ1) is 18.8. The van der Waals surface area contributed by atoms with E-state index < -0.39 is 0 Å². The molecular formula is C24H26N2O. The van der Waals surface area contributed by atoms with Crippen molar-refractivity contribution in [3.8, 4) is 0 Å². The number of amides is 1. The summed E-state index contributed by atoms with van der Waals surface area (Å²) >= 11 is 0. The number of carbonyl (C=O) groups is 1. The van der Waals surface area contributed by atoms with Gasteiger partial charge in [-0.3, -0.25) is 9.78 Å². The van der Waals surface area contributed by atoms with Crippen molar-refractivity contribution in [2.24, 2.45) is 0 Å². The van der Waals surface area contributed by atoms with Gasteiger partial charge < -0.3 is 4.90 Å². The van der Waals surface area contributed by atoms with Gasteiger partial charge >= 0.3 is 0 Å². The van der Waals surface area contributed by atoms with E-state index in [-0.39, 0.29) is 11.8 Å². The van der Waals surface area contributed by atoms with Crippen LogP contribution in [-0.2, 0) is 11.2 Å². The van der Waals surface area contributed by atoms with Crippen LogP contribution in [0, 0.1) is 0 Å². The monoisotopic (exact) mass is 358 g/mol. The molecule has 0 unspecified atom stereocenters. The molecule has 1 aromatic heterocycles. The van der Waals surface area contributed by atoms with Crippen molar-refractivity contribution in [3.05, 3.63) is 102 Å². The van der Waals surface area contributed by atoms with Crippen LogP contribution in [0.3, 0.4) is 0 Å². The van der Waals surface area contributed by atoms with E-state index in [0.29, 0.717) is 6.42 Å². The summed E-state index contributed by atoms with van der Waals surface area (Å²) in [4.78, 5) is 19.1. The van der Waals surface area contributed by atoms with Crippen LogP contribution in [0.5, 0.6) is 0 Å². The van der Waals surface area contributed by atoms with E-state index in [1.165, 1.54) is 16.7 Å². The fraction of sp³-hybridized carbons (Fsp3) is 0.250. The molecule has 0 saturated carbocycles. The molecule has 27 heavy (non-hydrogen) atoms. The predicted molar refractivity (Wildman–Crippen MR) is 110 cm³/mol. The first-order valence-corrected chi connectivity index (χ1v) is 9.54. The Morgan fingerprint density at radius 1 is 0.889 bits per heavy atom. The van der Waals surface area contributed by atoms with E-state index in [4.69, 9.17) is 0 Å². The lowest BCUT2D eigenvalue weighted by Gasteiger charge is -2.25. The molecule has 2 aromatic carbocycles. The molecule has 0 bridgehead atoms. The first-order chi connectivity index (χ1) is 13.3. The molecule has 0 N–H and O–H groups in total. The van der Waals surface area contributed by atoms with Crippen molar-refractivity contribution in [1.82, 2.24) is 9.88 Å². The summed E-state index contributed by atoms with van der Waals surface area (Å²) in [5.74, 6) is 0.277. The van der Waals surface area contributed by atoms with E-state index in [9.17, 15) is 4.79 Å². The Bertz CT molecular complexity index is 779. The molecule has 3 rings (SSSR count). The summed E-state index contributed by atoms with van der Waals surface area (Å²) in [5.41, 5.74) is 3.57. The van der Waals surface area contributed by atoms with Gasteiger partial charge in [0.25, 0.3) is 0 Å². The summed E-state index contributed by atoms with van der Waals surface area (Å²) < 4.78 is 0. The molecule has 3 aromatic rings. The average Bonchev–Trinajstić information content (AvgIpc) is 2.74. The lowest BCUT2D eigenvalue weighted by atomic mass is 9.88. The molecule has 138 valence electrons. The van der Waals surface area contributed by atoms with Gasteiger partial charge in [-0.05, 0) is 42.2 Å². The fourth-order valence-corrected chi connectivity index (χ4v) is 3.38. The molecule has 0 radical (unpaired) electrons. The molecular weight excluding hydrogens is 332 g/mol. The number of likely N-dealkylation sites (N-methyl/N-ethyl adjacent to an activating group) is 1. The number of hydrogen-bond acceptors (Lipinski definition) is 2. The van der Waals surface area contributed by atoms with Crippen LogP contribution in [0.1, 0.15) is 36.0 Å². The minimum atomic E-state index is 0.0786. The zero-order chi connectivity index (χ0) is 18.9. The molecule has 1 heterocycles. The maximum Gasteiger partial charge on any atom is 0.223 e. The van der Waals surface area contributed by atoms with Crippen LogP contribution < -0.4 is 0 Å². The van der Waals surface area contributed by atoms with Crippen molar-refractivity contribution in [1.29, 1.82) is 0 Å². The zero-order valence-corrected chi connectivity index (χ0v) is 15.8. The normalized spacial score (nSPS) is 10.7. The molecule has 0 spiro atoms. The highest BCUT2D eigenvalue weighted by molar-refractivity contribution is 5.77. The Labute approximate surface area is 161 Å². The maximum absolute atomic E-state index is 13.1. The Kier molecular flexibility index (Phi) is 6.75.